The Balaban J connectivity index is 1.15. The molecule has 82 heavy (non-hydrogen) atoms. The van der Waals surface area contributed by atoms with Crippen LogP contribution in [0.15, 0.2) is 121 Å². The van der Waals surface area contributed by atoms with Gasteiger partial charge in [0.05, 0.1) is 30.6 Å². The van der Waals surface area contributed by atoms with E-state index >= 15 is 0 Å². The summed E-state index contributed by atoms with van der Waals surface area (Å²) in [5.74, 6) is -11.3. The highest BCUT2D eigenvalue weighted by Crippen LogP contribution is 2.55. The van der Waals surface area contributed by atoms with E-state index in [0.717, 1.165) is 22.3 Å². The van der Waals surface area contributed by atoms with E-state index < -0.39 is 143 Å². The molecule has 0 saturated heterocycles. The highest BCUT2D eigenvalue weighted by atomic mass is 28.3. The van der Waals surface area contributed by atoms with Gasteiger partial charge in [0.15, 0.2) is 11.6 Å². The smallest absolute Gasteiger partial charge is 0.303 e. The lowest BCUT2D eigenvalue weighted by Crippen LogP contribution is -2.51. The van der Waals surface area contributed by atoms with Crippen molar-refractivity contribution in [3.8, 4) is 0 Å². The minimum absolute atomic E-state index is 0.00403. The lowest BCUT2D eigenvalue weighted by atomic mass is 9.89. The second kappa shape index (κ2) is 29.3. The molecule has 1 aliphatic heterocycles. The summed E-state index contributed by atoms with van der Waals surface area (Å²) in [5.41, 5.74) is 14.0. The number of nitrogens with zero attached hydrogens (tertiary/aromatic N) is 3. The van der Waals surface area contributed by atoms with Crippen molar-refractivity contribution in [1.82, 2.24) is 30.9 Å². The van der Waals surface area contributed by atoms with E-state index in [1.54, 1.807) is 24.7 Å². The third kappa shape index (κ3) is 16.7. The Bertz CT molecular complexity index is 3180. The van der Waals surface area contributed by atoms with Crippen LogP contribution in [-0.2, 0) is 70.4 Å². The third-order valence-corrected chi connectivity index (χ3v) is 17.7. The minimum atomic E-state index is -2.41. The molecule has 4 amide bonds. The molecule has 1 aromatic heterocycles. The van der Waals surface area contributed by atoms with Crippen LogP contribution in [0.4, 0.5) is 0 Å². The van der Waals surface area contributed by atoms with E-state index in [-0.39, 0.29) is 19.4 Å². The number of aromatic nitrogens is 3. The second-order valence-corrected chi connectivity index (χ2v) is 25.0. The van der Waals surface area contributed by atoms with E-state index in [9.17, 15) is 53.1 Å². The number of benzene rings is 4. The van der Waals surface area contributed by atoms with Gasteiger partial charge in [-0.2, -0.15) is 0 Å². The molecule has 0 unspecified atom stereocenters. The topological polar surface area (TPSA) is 322 Å². The zero-order chi connectivity index (χ0) is 59.5. The Morgan fingerprint density at radius 2 is 1.13 bits per heavy atom. The fraction of sp³-hybridized carbons (Fsp3) is 0.333. The molecule has 0 bridgehead atoms. The molecule has 6 rings (SSSR count). The molecule has 7 N–H and O–H groups in total. The van der Waals surface area contributed by atoms with Crippen molar-refractivity contribution < 1.29 is 67.6 Å². The monoisotopic (exact) mass is 1140 g/mol. The van der Waals surface area contributed by atoms with E-state index in [0.29, 0.717) is 12.2 Å². The van der Waals surface area contributed by atoms with Crippen LogP contribution in [0, 0.1) is 17.8 Å². The molecule has 5 aromatic rings. The van der Waals surface area contributed by atoms with Crippen molar-refractivity contribution in [2.24, 2.45) is 23.5 Å². The number of ketones is 2. The van der Waals surface area contributed by atoms with Crippen LogP contribution in [0.5, 0.6) is 0 Å². The van der Waals surface area contributed by atoms with Crippen molar-refractivity contribution in [3.63, 3.8) is 0 Å². The molecule has 4 aromatic carbocycles. The average Bonchev–Trinajstić information content (AvgIpc) is 3.79. The fourth-order valence-electron chi connectivity index (χ4n) is 10.1. The maximum Gasteiger partial charge on any atom is 0.303 e. The number of hydrogen-bond donors (Lipinski definition) is 6. The lowest BCUT2D eigenvalue weighted by Gasteiger charge is -2.27. The summed E-state index contributed by atoms with van der Waals surface area (Å²) in [6.07, 6.45) is -2.03. The van der Waals surface area contributed by atoms with Crippen LogP contribution < -0.4 is 21.7 Å². The third-order valence-electron chi connectivity index (χ3n) is 14.1. The Kier molecular flexibility index (Phi) is 22.2. The summed E-state index contributed by atoms with van der Waals surface area (Å²) >= 11 is 0. The average molecular weight is 1140 g/mol. The minimum Gasteiger partial charge on any atom is -0.481 e. The van der Waals surface area contributed by atoms with Gasteiger partial charge in [0, 0.05) is 44.2 Å². The fourth-order valence-corrected chi connectivity index (χ4v) is 13.9. The Hall–Kier alpha value is -9.18. The van der Waals surface area contributed by atoms with Gasteiger partial charge >= 0.3 is 11.9 Å². The van der Waals surface area contributed by atoms with Crippen LogP contribution in [0.2, 0.25) is 13.1 Å². The highest BCUT2D eigenvalue weighted by Gasteiger charge is 2.44. The number of carboxylic acids is 2. The lowest BCUT2D eigenvalue weighted by molar-refractivity contribution is -0.141. The zero-order valence-corrected chi connectivity index (χ0v) is 46.9. The number of ether oxygens (including phenoxy) is 2. The van der Waals surface area contributed by atoms with Gasteiger partial charge in [-0.3, -0.25) is 47.9 Å². The summed E-state index contributed by atoms with van der Waals surface area (Å²) < 4.78 is 11.2. The number of carbonyl (C=O) groups is 10. The van der Waals surface area contributed by atoms with Crippen molar-refractivity contribution in [1.29, 1.82) is 0 Å². The summed E-state index contributed by atoms with van der Waals surface area (Å²) in [5, 5.41) is 36.9. The van der Waals surface area contributed by atoms with Crippen molar-refractivity contribution in [2.45, 2.75) is 96.6 Å². The summed E-state index contributed by atoms with van der Waals surface area (Å²) in [7, 11) is -2.41. The number of allylic oxidation sites excluding steroid dienone is 2. The van der Waals surface area contributed by atoms with Crippen LogP contribution in [-0.4, -0.2) is 125 Å². The number of nitrogens with one attached hydrogen (secondary N) is 3. The number of nitrogens with two attached hydrogens (primary N) is 1. The Morgan fingerprint density at radius 3 is 1.66 bits per heavy atom. The first-order chi connectivity index (χ1) is 39.2. The molecule has 22 heteroatoms. The van der Waals surface area contributed by atoms with E-state index in [1.807, 2.05) is 30.3 Å². The number of primary amides is 1. The first kappa shape index (κ1) is 62.0. The zero-order valence-electron chi connectivity index (χ0n) is 45.9. The molecule has 1 aliphatic rings. The maximum absolute atomic E-state index is 14.0. The van der Waals surface area contributed by atoms with Gasteiger partial charge in [-0.05, 0) is 61.7 Å². The van der Waals surface area contributed by atoms with Gasteiger partial charge in [-0.25, -0.2) is 4.68 Å². The van der Waals surface area contributed by atoms with Gasteiger partial charge in [-0.1, -0.05) is 147 Å². The van der Waals surface area contributed by atoms with Gasteiger partial charge in [0.25, 0.3) is 12.9 Å². The number of hydrogen-bond acceptors (Lipinski definition) is 14. The normalized spacial score (nSPS) is 14.6. The molecule has 0 fully saturated rings. The molecular formula is C60H67N7O14Si. The number of Topliss-reactive ketones (excluding diaryl/α,β-unsaturated/α-hetero) is 2. The number of aliphatic carboxylic acids is 2. The van der Waals surface area contributed by atoms with Gasteiger partial charge in [-0.15, -0.1) is 5.10 Å². The SMILES string of the molecule is CC(C)[C@@H](NC(=O)[C@@H](CCC(=O)O)CC(=O)[C@@H](COC=O)NC(=O)CCC(=O)O)C(=O)C[C@H](COC=O)C(=O)N[C@@H](Cc1cn(Cc2ccc(C3=C(c4ccccc4)C(c4ccccc4)=C(c4ccccc4)[Si]3(C)C)cc2)nn1)C(N)=O. The number of amides is 4. The number of rotatable bonds is 33. The summed E-state index contributed by atoms with van der Waals surface area (Å²) in [6.45, 7) is 7.01. The molecule has 21 nitrogen and oxygen atoms in total. The molecule has 0 aliphatic carbocycles. The van der Waals surface area contributed by atoms with Crippen molar-refractivity contribution >= 4 is 89.7 Å². The summed E-state index contributed by atoms with van der Waals surface area (Å²) in [4.78, 5) is 125. The molecule has 5 atom stereocenters. The quantitative estimate of drug-likeness (QED) is 0.0237. The van der Waals surface area contributed by atoms with Crippen LogP contribution in [0.25, 0.3) is 21.5 Å². The first-order valence-electron chi connectivity index (χ1n) is 26.7. The van der Waals surface area contributed by atoms with Crippen LogP contribution in [0.3, 0.4) is 0 Å². The predicted octanol–water partition coefficient (Wildman–Crippen LogP) is 5.01. The standard InChI is InChI=1S/C60H67N7O14Si/c1-37(2)55(64-59(78)43(24-26-51(73)74)28-48(70)47(34-81-36-69)62-50(72)25-27-52(75)76)49(71)29-44(33-80-35-68)60(79)63-46(58(61)77)30-45-32-67(66-65-45)31-38-20-22-42(23-21-38)57-54(40-16-10-6-11-17-40)53(39-14-8-5-9-15-39)56(82(57,3)4)41-18-12-7-13-19-41/h5-23,32,35-37,43-44,46-47,55H,24-31,33-34H2,1-4H3,(H2,61,77)(H,62,72)(H,63,79)(H,64,78)(H,73,74)(H,75,76)/t43-,44+,46-,47+,55+/m0/s1. The van der Waals surface area contributed by atoms with Crippen LogP contribution in [0.1, 0.15) is 85.9 Å². The first-order valence-corrected chi connectivity index (χ1v) is 29.7. The Labute approximate surface area is 474 Å². The van der Waals surface area contributed by atoms with Gasteiger partial charge < -0.3 is 41.4 Å². The molecular weight excluding hydrogens is 1070 g/mol. The van der Waals surface area contributed by atoms with Gasteiger partial charge in [0.1, 0.15) is 33.4 Å². The van der Waals surface area contributed by atoms with Crippen LogP contribution >= 0.6 is 0 Å². The van der Waals surface area contributed by atoms with Crippen molar-refractivity contribution in [2.75, 3.05) is 13.2 Å². The molecule has 2 heterocycles. The highest BCUT2D eigenvalue weighted by molar-refractivity contribution is 7.13. The van der Waals surface area contributed by atoms with E-state index in [2.05, 4.69) is 129 Å². The van der Waals surface area contributed by atoms with Crippen molar-refractivity contribution in [3.05, 3.63) is 155 Å². The molecule has 0 radical (unpaired) electrons. The van der Waals surface area contributed by atoms with Gasteiger partial charge in [0.2, 0.25) is 23.6 Å². The molecule has 430 valence electrons. The summed E-state index contributed by atoms with van der Waals surface area (Å²) in [6, 6.07) is 35.7. The van der Waals surface area contributed by atoms with E-state index in [4.69, 9.17) is 15.6 Å². The molecule has 0 saturated carbocycles. The second-order valence-electron chi connectivity index (χ2n) is 20.8. The Morgan fingerprint density at radius 1 is 0.622 bits per heavy atom. The largest absolute Gasteiger partial charge is 0.481 e. The molecule has 0 spiro atoms. The maximum atomic E-state index is 14.0. The number of carboxylic acid groups (broad SMARTS) is 2. The number of carbonyl (C=O) groups excluding carboxylic acids is 8. The predicted molar refractivity (Wildman–Crippen MR) is 304 cm³/mol. The van der Waals surface area contributed by atoms with E-state index in [1.165, 1.54) is 27.1 Å².